The molecule has 15 N–H and O–H groups in total. The second kappa shape index (κ2) is 31.0. The van der Waals surface area contributed by atoms with Gasteiger partial charge in [0.05, 0.1) is 31.1 Å². The van der Waals surface area contributed by atoms with Crippen molar-refractivity contribution in [3.05, 3.63) is 0 Å². The SMILES string of the molecule is CSCC[C@H](NC(=O)[C@H](C)[NH3+])C(=O)N[C@@H](CC(=O)[O-])C(=O)N[C@@H](CO)C(=O)N[C@@H](CC(N)=O)C(=O)N[C@H](C(=O)N[C@@H](CC(C)C)C(=O)N[C@@H](CCC(=O)[O-])C(=O)N[C@@H](CC(C)C)C(=O)[O-])[C@@H](C)O. The van der Waals surface area contributed by atoms with Gasteiger partial charge in [-0.15, -0.1) is 0 Å². The van der Waals surface area contributed by atoms with Crippen LogP contribution in [0.15, 0.2) is 0 Å². The first-order chi connectivity index (χ1) is 31.5. The Morgan fingerprint density at radius 2 is 0.926 bits per heavy atom. The number of primary amides is 1. The summed E-state index contributed by atoms with van der Waals surface area (Å²) in [6.07, 6.45) is -3.72. The number of rotatable bonds is 33. The molecule has 0 aromatic rings. The van der Waals surface area contributed by atoms with Crippen LogP contribution in [0.5, 0.6) is 0 Å². The third-order valence-electron chi connectivity index (χ3n) is 9.53. The van der Waals surface area contributed by atoms with Crippen LogP contribution >= 0.6 is 11.8 Å². The number of carboxylic acids is 3. The molecule has 0 aromatic carbocycles. The molecular weight excluding hydrogens is 925 g/mol. The lowest BCUT2D eigenvalue weighted by molar-refractivity contribution is -0.398. The Hall–Kier alpha value is -6.13. The van der Waals surface area contributed by atoms with Gasteiger partial charge >= 0.3 is 0 Å². The van der Waals surface area contributed by atoms with Gasteiger partial charge in [0, 0.05) is 18.4 Å². The molecule has 0 aliphatic heterocycles. The predicted molar refractivity (Wildman–Crippen MR) is 231 cm³/mol. The molecule has 0 radical (unpaired) electrons. The molecule has 0 saturated carbocycles. The molecule has 0 fully saturated rings. The first kappa shape index (κ1) is 61.9. The van der Waals surface area contributed by atoms with E-state index < -0.39 is 164 Å². The Labute approximate surface area is 396 Å². The predicted octanol–water partition coefficient (Wildman–Crippen LogP) is -9.99. The molecule has 68 heavy (non-hydrogen) atoms. The quantitative estimate of drug-likeness (QED) is 0.0290. The summed E-state index contributed by atoms with van der Waals surface area (Å²) in [7, 11) is 0. The number of carbonyl (C=O) groups excluding carboxylic acids is 12. The Bertz CT molecular complexity index is 1800. The maximum absolute atomic E-state index is 13.6. The van der Waals surface area contributed by atoms with E-state index in [4.69, 9.17) is 5.73 Å². The van der Waals surface area contributed by atoms with Gasteiger partial charge in [-0.05, 0) is 69.8 Å². The van der Waals surface area contributed by atoms with Crippen molar-refractivity contribution in [1.82, 2.24) is 42.5 Å². The van der Waals surface area contributed by atoms with Crippen LogP contribution in [0.1, 0.15) is 86.5 Å². The van der Waals surface area contributed by atoms with E-state index in [1.807, 2.05) is 10.6 Å². The average molecular weight is 991 g/mol. The van der Waals surface area contributed by atoms with Crippen LogP contribution < -0.4 is 69.3 Å². The summed E-state index contributed by atoms with van der Waals surface area (Å²) in [5.74, 6) is -15.6. The third kappa shape index (κ3) is 24.1. The van der Waals surface area contributed by atoms with E-state index in [9.17, 15) is 83.1 Å². The molecule has 0 rings (SSSR count). The Balaban J connectivity index is 6.42. The Kier molecular flexibility index (Phi) is 28.2. The van der Waals surface area contributed by atoms with Crippen molar-refractivity contribution in [2.45, 2.75) is 147 Å². The zero-order valence-electron chi connectivity index (χ0n) is 39.0. The molecule has 0 bridgehead atoms. The topological polar surface area (TPSA) is 464 Å². The summed E-state index contributed by atoms with van der Waals surface area (Å²) < 4.78 is 0. The van der Waals surface area contributed by atoms with E-state index in [2.05, 4.69) is 37.6 Å². The lowest BCUT2D eigenvalue weighted by atomic mass is 10.0. The number of thioether (sulfide) groups is 1. The number of nitrogens with two attached hydrogens (primary N) is 1. The van der Waals surface area contributed by atoms with Gasteiger partial charge in [0.25, 0.3) is 5.91 Å². The first-order valence-corrected chi connectivity index (χ1v) is 22.9. The number of amides is 9. The minimum absolute atomic E-state index is 0.0472. The highest BCUT2D eigenvalue weighted by Crippen LogP contribution is 2.11. The minimum atomic E-state index is -2.00. The molecule has 0 aromatic heterocycles. The van der Waals surface area contributed by atoms with Crippen molar-refractivity contribution in [1.29, 1.82) is 0 Å². The summed E-state index contributed by atoms with van der Waals surface area (Å²) in [6.45, 7) is 7.86. The monoisotopic (exact) mass is 990 g/mol. The molecular formula is C40H66N10O17S-2. The zero-order valence-corrected chi connectivity index (χ0v) is 39.8. The molecule has 9 amide bonds. The number of nitrogens with one attached hydrogen (secondary N) is 8. The number of hydrogen-bond acceptors (Lipinski definition) is 18. The molecule has 27 nitrogen and oxygen atoms in total. The fourth-order valence-corrected chi connectivity index (χ4v) is 6.47. The molecule has 0 unspecified atom stereocenters. The van der Waals surface area contributed by atoms with Gasteiger partial charge in [0.1, 0.15) is 42.3 Å². The van der Waals surface area contributed by atoms with Crippen molar-refractivity contribution in [2.24, 2.45) is 17.6 Å². The molecule has 0 spiro atoms. The second-order valence-corrected chi connectivity index (χ2v) is 17.7. The molecule has 0 aliphatic carbocycles. The number of aliphatic hydroxyl groups excluding tert-OH is 2. The maximum atomic E-state index is 13.6. The largest absolute Gasteiger partial charge is 0.550 e. The number of hydrogen-bond donors (Lipinski definition) is 12. The average Bonchev–Trinajstić information content (AvgIpc) is 3.22. The van der Waals surface area contributed by atoms with Crippen molar-refractivity contribution in [3.8, 4) is 0 Å². The minimum Gasteiger partial charge on any atom is -0.550 e. The zero-order chi connectivity index (χ0) is 52.6. The van der Waals surface area contributed by atoms with Gasteiger partial charge in [-0.1, -0.05) is 27.7 Å². The van der Waals surface area contributed by atoms with Crippen LogP contribution in [0.25, 0.3) is 0 Å². The molecule has 0 saturated heterocycles. The van der Waals surface area contributed by atoms with Gasteiger partial charge in [-0.25, -0.2) is 0 Å². The molecule has 10 atom stereocenters. The fourth-order valence-electron chi connectivity index (χ4n) is 6.00. The van der Waals surface area contributed by atoms with Crippen molar-refractivity contribution in [2.75, 3.05) is 18.6 Å². The number of aliphatic carboxylic acids is 3. The van der Waals surface area contributed by atoms with Gasteiger partial charge in [0.15, 0.2) is 6.04 Å². The number of aliphatic hydroxyl groups is 2. The summed E-state index contributed by atoms with van der Waals surface area (Å²) in [6, 6.07) is -14.7. The van der Waals surface area contributed by atoms with Crippen molar-refractivity contribution in [3.63, 3.8) is 0 Å². The first-order valence-electron chi connectivity index (χ1n) is 21.5. The van der Waals surface area contributed by atoms with Crippen molar-refractivity contribution < 1.29 is 88.8 Å². The number of carbonyl (C=O) groups is 12. The summed E-state index contributed by atoms with van der Waals surface area (Å²) in [5.41, 5.74) is 8.86. The summed E-state index contributed by atoms with van der Waals surface area (Å²) in [4.78, 5) is 153. The van der Waals surface area contributed by atoms with Gasteiger partial charge < -0.3 is 93.9 Å². The van der Waals surface area contributed by atoms with Crippen LogP contribution in [0.4, 0.5) is 0 Å². The van der Waals surface area contributed by atoms with Gasteiger partial charge in [-0.2, -0.15) is 11.8 Å². The van der Waals surface area contributed by atoms with E-state index in [0.29, 0.717) is 5.75 Å². The summed E-state index contributed by atoms with van der Waals surface area (Å²) >= 11 is 1.31. The van der Waals surface area contributed by atoms with Crippen LogP contribution in [-0.4, -0.2) is 160 Å². The Morgan fingerprint density at radius 1 is 0.529 bits per heavy atom. The normalized spacial score (nSPS) is 15.5. The van der Waals surface area contributed by atoms with E-state index >= 15 is 0 Å². The van der Waals surface area contributed by atoms with Gasteiger partial charge in [-0.3, -0.25) is 43.2 Å². The Morgan fingerprint density at radius 3 is 1.37 bits per heavy atom. The fraction of sp³-hybridized carbons (Fsp3) is 0.700. The number of carboxylic acid groups (broad SMARTS) is 3. The van der Waals surface area contributed by atoms with E-state index in [-0.39, 0.29) is 31.1 Å². The highest BCUT2D eigenvalue weighted by molar-refractivity contribution is 7.98. The van der Waals surface area contributed by atoms with Crippen LogP contribution in [0, 0.1) is 11.8 Å². The lowest BCUT2D eigenvalue weighted by Gasteiger charge is -2.29. The number of quaternary nitrogens is 1. The molecule has 386 valence electrons. The molecule has 28 heteroatoms. The third-order valence-corrected chi connectivity index (χ3v) is 10.2. The van der Waals surface area contributed by atoms with Crippen LogP contribution in [-0.2, 0) is 57.5 Å². The highest BCUT2D eigenvalue weighted by atomic mass is 32.2. The molecule has 0 heterocycles. The highest BCUT2D eigenvalue weighted by Gasteiger charge is 2.36. The van der Waals surface area contributed by atoms with E-state index in [0.717, 1.165) is 6.92 Å². The second-order valence-electron chi connectivity index (χ2n) is 16.8. The van der Waals surface area contributed by atoms with Crippen molar-refractivity contribution >= 4 is 82.8 Å². The van der Waals surface area contributed by atoms with Gasteiger partial charge in [0.2, 0.25) is 47.3 Å². The van der Waals surface area contributed by atoms with E-state index in [1.54, 1.807) is 34.0 Å². The lowest BCUT2D eigenvalue weighted by Crippen LogP contribution is -2.67. The molecule has 0 aliphatic rings. The van der Waals surface area contributed by atoms with E-state index in [1.165, 1.54) is 18.7 Å². The standard InChI is InChI=1S/C40H68N10O17S/c1-17(2)12-23(35(61)44-21(8-9-29(54)55)33(59)48-26(40(66)67)13-18(3)4)47-39(65)31(20(6)52)50-37(63)24(14-28(42)53)45-38(64)27(16-51)49-36(62)25(15-30(56)57)46-34(60)22(10-11-68-7)43-32(58)19(5)41/h17-27,31,51-52H,8-16,41H2,1-7H3,(H2,42,53)(H,43,58)(H,44,61)(H,45,64)(H,46,60)(H,47,65)(H,48,59)(H,49,62)(H,50,63)(H,54,55)(H,56,57)(H,66,67)/p-2/t19-,20+,21-,22-,23-,24-,25-,26-,27-,31-/m0/s1. The van der Waals surface area contributed by atoms with Crippen LogP contribution in [0.3, 0.4) is 0 Å². The summed E-state index contributed by atoms with van der Waals surface area (Å²) in [5, 5.41) is 72.7. The van der Waals surface area contributed by atoms with Crippen LogP contribution in [0.2, 0.25) is 0 Å². The smallest absolute Gasteiger partial charge is 0.278 e. The maximum Gasteiger partial charge on any atom is 0.278 e.